The molecule has 0 aromatic rings. The van der Waals surface area contributed by atoms with Crippen molar-refractivity contribution >= 4 is 0 Å². The Kier molecular flexibility index (Phi) is 6.94. The summed E-state index contributed by atoms with van der Waals surface area (Å²) in [7, 11) is 0. The van der Waals surface area contributed by atoms with Crippen LogP contribution in [0.5, 0.6) is 0 Å². The second kappa shape index (κ2) is 10.1. The van der Waals surface area contributed by atoms with E-state index in [2.05, 4.69) is 22.8 Å². The Morgan fingerprint density at radius 3 is 1.28 bits per heavy atom. The highest BCUT2D eigenvalue weighted by atomic mass is 16.5. The lowest BCUT2D eigenvalue weighted by atomic mass is 9.78. The van der Waals surface area contributed by atoms with E-state index in [4.69, 9.17) is 9.47 Å². The van der Waals surface area contributed by atoms with E-state index in [0.29, 0.717) is 36.7 Å². The molecule has 180 valence electrons. The van der Waals surface area contributed by atoms with Crippen LogP contribution in [-0.2, 0) is 9.47 Å². The van der Waals surface area contributed by atoms with Crippen molar-refractivity contribution in [2.45, 2.75) is 139 Å². The highest BCUT2D eigenvalue weighted by molar-refractivity contribution is 4.99. The predicted molar refractivity (Wildman–Crippen MR) is 128 cm³/mol. The van der Waals surface area contributed by atoms with E-state index in [-0.39, 0.29) is 0 Å². The molecule has 32 heavy (non-hydrogen) atoms. The largest absolute Gasteiger partial charge is 0.358 e. The van der Waals surface area contributed by atoms with Gasteiger partial charge in [-0.05, 0) is 101 Å². The average molecular weight is 443 g/mol. The standard InChI is InChI=1S/C28H46N2O2/c1-3-7-25-23(5-1)29-27(31-25)21-15-11-19(12-16-21)9-10-20-13-17-22(18-14-20)28-30-24-6-2-4-8-26(24)32-28/h9-10,19-30H,1-8,11-18H2. The third-order valence-electron chi connectivity index (χ3n) is 9.95. The van der Waals surface area contributed by atoms with Gasteiger partial charge < -0.3 is 9.47 Å². The summed E-state index contributed by atoms with van der Waals surface area (Å²) >= 11 is 0. The van der Waals surface area contributed by atoms with E-state index in [9.17, 15) is 0 Å². The van der Waals surface area contributed by atoms with Crippen LogP contribution in [-0.4, -0.2) is 36.7 Å². The minimum absolute atomic E-state index is 0.346. The van der Waals surface area contributed by atoms with Crippen molar-refractivity contribution in [2.24, 2.45) is 23.7 Å². The molecule has 2 heterocycles. The highest BCUT2D eigenvalue weighted by Crippen LogP contribution is 2.39. The topological polar surface area (TPSA) is 42.5 Å². The lowest BCUT2D eigenvalue weighted by Crippen LogP contribution is -2.39. The van der Waals surface area contributed by atoms with E-state index < -0.39 is 0 Å². The highest BCUT2D eigenvalue weighted by Gasteiger charge is 2.41. The van der Waals surface area contributed by atoms with Gasteiger partial charge in [0.15, 0.2) is 0 Å². The fourth-order valence-corrected chi connectivity index (χ4v) is 7.87. The van der Waals surface area contributed by atoms with Crippen molar-refractivity contribution in [2.75, 3.05) is 0 Å². The van der Waals surface area contributed by atoms with Gasteiger partial charge in [-0.3, -0.25) is 10.6 Å². The fraction of sp³-hybridized carbons (Fsp3) is 0.929. The van der Waals surface area contributed by atoms with E-state index in [1.165, 1.54) is 103 Å². The minimum atomic E-state index is 0.346. The summed E-state index contributed by atoms with van der Waals surface area (Å²) in [5.74, 6) is 3.08. The Morgan fingerprint density at radius 2 is 0.875 bits per heavy atom. The molecule has 0 amide bonds. The van der Waals surface area contributed by atoms with Gasteiger partial charge in [0, 0.05) is 12.1 Å². The molecule has 0 aromatic heterocycles. The van der Waals surface area contributed by atoms with E-state index in [1.807, 2.05) is 0 Å². The molecule has 4 heteroatoms. The van der Waals surface area contributed by atoms with Crippen LogP contribution < -0.4 is 10.6 Å². The number of rotatable bonds is 4. The number of fused-ring (bicyclic) bond motifs is 2. The van der Waals surface area contributed by atoms with Crippen molar-refractivity contribution in [3.05, 3.63) is 12.2 Å². The van der Waals surface area contributed by atoms with Crippen LogP contribution in [0, 0.1) is 23.7 Å². The minimum Gasteiger partial charge on any atom is -0.358 e. The molecular formula is C28H46N2O2. The van der Waals surface area contributed by atoms with E-state index in [1.54, 1.807) is 0 Å². The molecule has 2 saturated heterocycles. The molecule has 0 spiro atoms. The second-order valence-electron chi connectivity index (χ2n) is 12.0. The molecular weight excluding hydrogens is 396 g/mol. The SMILES string of the molecule is C(=CC1CCC(C2NC3CCCCC3O2)CC1)C1CCC(C2NC3CCCCC3O2)CC1. The Labute approximate surface area is 195 Å². The zero-order valence-electron chi connectivity index (χ0n) is 20.1. The summed E-state index contributed by atoms with van der Waals surface area (Å²) < 4.78 is 12.9. The molecule has 4 aliphatic carbocycles. The lowest BCUT2D eigenvalue weighted by Gasteiger charge is -2.32. The summed E-state index contributed by atoms with van der Waals surface area (Å²) in [6.07, 6.45) is 28.4. The fourth-order valence-electron chi connectivity index (χ4n) is 7.87. The number of hydrogen-bond donors (Lipinski definition) is 2. The van der Waals surface area contributed by atoms with E-state index >= 15 is 0 Å². The summed E-state index contributed by atoms with van der Waals surface area (Å²) in [6.45, 7) is 0. The second-order valence-corrected chi connectivity index (χ2v) is 12.0. The zero-order valence-corrected chi connectivity index (χ0v) is 20.1. The first-order valence-electron chi connectivity index (χ1n) is 14.3. The van der Waals surface area contributed by atoms with Gasteiger partial charge in [0.25, 0.3) is 0 Å². The van der Waals surface area contributed by atoms with Crippen molar-refractivity contribution in [1.29, 1.82) is 0 Å². The first-order chi connectivity index (χ1) is 15.8. The molecule has 6 unspecified atom stereocenters. The van der Waals surface area contributed by atoms with Crippen LogP contribution in [0.4, 0.5) is 0 Å². The lowest BCUT2D eigenvalue weighted by molar-refractivity contribution is -0.0176. The molecule has 6 aliphatic rings. The first-order valence-corrected chi connectivity index (χ1v) is 14.3. The summed E-state index contributed by atoms with van der Waals surface area (Å²) in [5, 5.41) is 7.70. The maximum Gasteiger partial charge on any atom is 0.111 e. The molecule has 6 fully saturated rings. The van der Waals surface area contributed by atoms with Gasteiger partial charge in [-0.1, -0.05) is 37.8 Å². The molecule has 6 atom stereocenters. The Hall–Kier alpha value is -0.420. The molecule has 6 rings (SSSR count). The van der Waals surface area contributed by atoms with Crippen LogP contribution in [0.2, 0.25) is 0 Å². The van der Waals surface area contributed by atoms with Gasteiger partial charge in [-0.2, -0.15) is 0 Å². The van der Waals surface area contributed by atoms with Crippen molar-refractivity contribution in [3.63, 3.8) is 0 Å². The number of ether oxygens (including phenoxy) is 2. The van der Waals surface area contributed by atoms with Crippen LogP contribution in [0.15, 0.2) is 12.2 Å². The molecule has 4 nitrogen and oxygen atoms in total. The Morgan fingerprint density at radius 1 is 0.469 bits per heavy atom. The van der Waals surface area contributed by atoms with Crippen LogP contribution >= 0.6 is 0 Å². The predicted octanol–water partition coefficient (Wildman–Crippen LogP) is 5.67. The monoisotopic (exact) mass is 442 g/mol. The van der Waals surface area contributed by atoms with Crippen molar-refractivity contribution in [1.82, 2.24) is 10.6 Å². The first kappa shape index (κ1) is 22.1. The maximum atomic E-state index is 6.43. The molecule has 0 aromatic carbocycles. The van der Waals surface area contributed by atoms with Crippen LogP contribution in [0.3, 0.4) is 0 Å². The summed E-state index contributed by atoms with van der Waals surface area (Å²) in [6, 6.07) is 1.30. The smallest absolute Gasteiger partial charge is 0.111 e. The van der Waals surface area contributed by atoms with Crippen LogP contribution in [0.1, 0.15) is 103 Å². The molecule has 2 aliphatic heterocycles. The van der Waals surface area contributed by atoms with Crippen molar-refractivity contribution in [3.8, 4) is 0 Å². The summed E-state index contributed by atoms with van der Waals surface area (Å²) in [5.41, 5.74) is 0. The summed E-state index contributed by atoms with van der Waals surface area (Å²) in [4.78, 5) is 0. The number of allylic oxidation sites excluding steroid dienone is 2. The average Bonchev–Trinajstić information content (AvgIpc) is 3.48. The quantitative estimate of drug-likeness (QED) is 0.551. The van der Waals surface area contributed by atoms with Crippen molar-refractivity contribution < 1.29 is 9.47 Å². The number of nitrogens with one attached hydrogen (secondary N) is 2. The van der Waals surface area contributed by atoms with Gasteiger partial charge in [-0.15, -0.1) is 0 Å². The molecule has 0 bridgehead atoms. The Balaban J connectivity index is 0.914. The van der Waals surface area contributed by atoms with Gasteiger partial charge >= 0.3 is 0 Å². The molecule has 0 radical (unpaired) electrons. The third kappa shape index (κ3) is 4.85. The van der Waals surface area contributed by atoms with Gasteiger partial charge in [0.2, 0.25) is 0 Å². The maximum absolute atomic E-state index is 6.43. The molecule has 2 N–H and O–H groups in total. The zero-order chi connectivity index (χ0) is 21.3. The van der Waals surface area contributed by atoms with Gasteiger partial charge in [0.1, 0.15) is 12.5 Å². The third-order valence-corrected chi connectivity index (χ3v) is 9.95. The van der Waals surface area contributed by atoms with Crippen LogP contribution in [0.25, 0.3) is 0 Å². The van der Waals surface area contributed by atoms with Gasteiger partial charge in [0.05, 0.1) is 12.2 Å². The molecule has 4 saturated carbocycles. The van der Waals surface area contributed by atoms with E-state index in [0.717, 1.165) is 23.7 Å². The van der Waals surface area contributed by atoms with Gasteiger partial charge in [-0.25, -0.2) is 0 Å². The Bertz CT molecular complexity index is 555. The number of hydrogen-bond acceptors (Lipinski definition) is 4. The normalized spacial score (nSPS) is 49.8.